The number of fused-ring (bicyclic) bond motifs is 2. The lowest BCUT2D eigenvalue weighted by atomic mass is 9.90. The van der Waals surface area contributed by atoms with Crippen LogP contribution < -0.4 is 0 Å². The number of benzene rings is 6. The van der Waals surface area contributed by atoms with Crippen LogP contribution in [0.25, 0.3) is 33.4 Å². The van der Waals surface area contributed by atoms with Gasteiger partial charge in [-0.15, -0.1) is 0 Å². The predicted octanol–water partition coefficient (Wildman–Crippen LogP) is 12.4. The van der Waals surface area contributed by atoms with E-state index in [4.69, 9.17) is 0 Å². The summed E-state index contributed by atoms with van der Waals surface area (Å²) in [5.41, 5.74) is 21.0. The maximum Gasteiger partial charge on any atom is 0.00591 e. The molecule has 0 amide bonds. The fourth-order valence-corrected chi connectivity index (χ4v) is 8.10. The molecule has 6 aromatic carbocycles. The summed E-state index contributed by atoms with van der Waals surface area (Å²) in [4.78, 5) is 2.13. The van der Waals surface area contributed by atoms with Gasteiger partial charge in [0, 0.05) is 20.3 Å². The number of nitrogens with zero attached hydrogens (tertiary/aromatic N) is 1. The van der Waals surface area contributed by atoms with Crippen molar-refractivity contribution >= 4 is 33.4 Å². The van der Waals surface area contributed by atoms with Crippen molar-refractivity contribution in [2.24, 2.45) is 0 Å². The maximum absolute atomic E-state index is 2.43. The lowest BCUT2D eigenvalue weighted by Crippen LogP contribution is -2.01. The molecule has 0 spiro atoms. The first kappa shape index (κ1) is 32.2. The van der Waals surface area contributed by atoms with Gasteiger partial charge in [-0.05, 0) is 119 Å². The summed E-state index contributed by atoms with van der Waals surface area (Å²) >= 11 is 0. The minimum atomic E-state index is 1.17. The average molecular weight is 678 g/mol. The Bertz CT molecular complexity index is 2400. The molecule has 1 nitrogen and oxygen atoms in total. The smallest absolute Gasteiger partial charge is 0.00591 e. The molecule has 0 atom stereocenters. The van der Waals surface area contributed by atoms with E-state index in [1.807, 2.05) is 0 Å². The first-order chi connectivity index (χ1) is 26.1. The molecular formula is C52H39N. The molecule has 0 saturated heterocycles. The lowest BCUT2D eigenvalue weighted by Gasteiger charge is -2.13. The van der Waals surface area contributed by atoms with Crippen molar-refractivity contribution < 1.29 is 0 Å². The molecule has 252 valence electrons. The van der Waals surface area contributed by atoms with Crippen LogP contribution in [0.4, 0.5) is 0 Å². The van der Waals surface area contributed by atoms with Crippen LogP contribution in [0.1, 0.15) is 44.5 Å². The van der Waals surface area contributed by atoms with Gasteiger partial charge in [0.25, 0.3) is 0 Å². The van der Waals surface area contributed by atoms with Gasteiger partial charge >= 0.3 is 0 Å². The van der Waals surface area contributed by atoms with Crippen molar-refractivity contribution in [2.45, 2.75) is 0 Å². The predicted molar refractivity (Wildman–Crippen MR) is 224 cm³/mol. The monoisotopic (exact) mass is 677 g/mol. The molecule has 0 fully saturated rings. The van der Waals surface area contributed by atoms with Crippen LogP contribution in [-0.2, 0) is 0 Å². The van der Waals surface area contributed by atoms with Crippen LogP contribution >= 0.6 is 0 Å². The van der Waals surface area contributed by atoms with Crippen LogP contribution in [0.2, 0.25) is 0 Å². The summed E-state index contributed by atoms with van der Waals surface area (Å²) < 4.78 is 0. The minimum Gasteiger partial charge on any atom is -0.383 e. The zero-order valence-corrected chi connectivity index (χ0v) is 30.0. The molecule has 3 aliphatic carbocycles. The minimum absolute atomic E-state index is 1.17. The normalized spacial score (nSPS) is 16.2. The van der Waals surface area contributed by atoms with E-state index in [1.165, 1.54) is 94.7 Å². The van der Waals surface area contributed by atoms with Gasteiger partial charge in [-0.2, -0.15) is 0 Å². The van der Waals surface area contributed by atoms with Crippen molar-refractivity contribution in [3.8, 4) is 0 Å². The molecule has 9 rings (SSSR count). The summed E-state index contributed by atoms with van der Waals surface area (Å²) in [6.07, 6.45) is 11.8. The molecule has 0 aliphatic heterocycles. The van der Waals surface area contributed by atoms with Crippen molar-refractivity contribution in [1.82, 2.24) is 4.90 Å². The average Bonchev–Trinajstić information content (AvgIpc) is 3.85. The SMILES string of the molecule is CN(C)C=C1C=C(C=C2C(c3ccccc3)=C(c3ccccc3)c3ccccc32)C(C=C2C(c3ccccc3)=C(c3ccccc3)c3ccccc32)=C1. The molecule has 53 heavy (non-hydrogen) atoms. The largest absolute Gasteiger partial charge is 0.383 e. The Kier molecular flexibility index (Phi) is 8.38. The molecule has 3 aliphatic rings. The molecule has 0 saturated carbocycles. The fourth-order valence-electron chi connectivity index (χ4n) is 8.10. The second-order valence-electron chi connectivity index (χ2n) is 14.0. The zero-order chi connectivity index (χ0) is 35.7. The van der Waals surface area contributed by atoms with Crippen LogP contribution in [-0.4, -0.2) is 19.0 Å². The molecule has 0 aromatic heterocycles. The molecule has 0 unspecified atom stereocenters. The Morgan fingerprint density at radius 2 is 0.642 bits per heavy atom. The molecule has 0 bridgehead atoms. The second kappa shape index (κ2) is 13.8. The summed E-state index contributed by atoms with van der Waals surface area (Å²) in [6, 6.07) is 61.2. The Hall–Kier alpha value is -6.70. The van der Waals surface area contributed by atoms with Crippen molar-refractivity contribution in [1.29, 1.82) is 0 Å². The molecule has 1 heteroatoms. The van der Waals surface area contributed by atoms with Crippen LogP contribution in [0.3, 0.4) is 0 Å². The third-order valence-electron chi connectivity index (χ3n) is 10.2. The third-order valence-corrected chi connectivity index (χ3v) is 10.2. The number of rotatable bonds is 7. The van der Waals surface area contributed by atoms with E-state index in [1.54, 1.807) is 0 Å². The van der Waals surface area contributed by atoms with Crippen LogP contribution in [0.5, 0.6) is 0 Å². The van der Waals surface area contributed by atoms with Gasteiger partial charge in [0.1, 0.15) is 0 Å². The molecule has 0 radical (unpaired) electrons. The Morgan fingerprint density at radius 1 is 0.340 bits per heavy atom. The highest BCUT2D eigenvalue weighted by molar-refractivity contribution is 6.26. The van der Waals surface area contributed by atoms with Gasteiger partial charge < -0.3 is 4.90 Å². The summed E-state index contributed by atoms with van der Waals surface area (Å²) in [5, 5.41) is 0. The number of hydrogen-bond donors (Lipinski definition) is 0. The number of allylic oxidation sites excluding steroid dienone is 11. The van der Waals surface area contributed by atoms with E-state index in [9.17, 15) is 0 Å². The fraction of sp³-hybridized carbons (Fsp3) is 0.0385. The van der Waals surface area contributed by atoms with Crippen molar-refractivity contribution in [3.05, 3.63) is 262 Å². The van der Waals surface area contributed by atoms with Gasteiger partial charge in [0.05, 0.1) is 0 Å². The first-order valence-electron chi connectivity index (χ1n) is 18.3. The zero-order valence-electron chi connectivity index (χ0n) is 30.0. The lowest BCUT2D eigenvalue weighted by molar-refractivity contribution is 0.561. The van der Waals surface area contributed by atoms with Gasteiger partial charge in [-0.25, -0.2) is 0 Å². The van der Waals surface area contributed by atoms with E-state index in [2.05, 4.69) is 219 Å². The first-order valence-corrected chi connectivity index (χ1v) is 18.3. The molecular weight excluding hydrogens is 639 g/mol. The standard InChI is InChI=1S/C52H39N/c1-53(2)35-36-31-41(33-47-43-27-15-17-29-45(43)49(37-19-7-3-8-20-37)51(47)39-23-11-5-12-24-39)42(32-36)34-48-44-28-16-18-30-46(44)50(38-21-9-4-10-22-38)52(48)40-25-13-6-14-26-40/h3-35H,1-2H3. The second-order valence-corrected chi connectivity index (χ2v) is 14.0. The van der Waals surface area contributed by atoms with Gasteiger partial charge in [0.2, 0.25) is 0 Å². The topological polar surface area (TPSA) is 3.24 Å². The highest BCUT2D eigenvalue weighted by Crippen LogP contribution is 2.52. The van der Waals surface area contributed by atoms with E-state index in [0.717, 1.165) is 0 Å². The van der Waals surface area contributed by atoms with Crippen molar-refractivity contribution in [2.75, 3.05) is 14.1 Å². The molecule has 0 N–H and O–H groups in total. The summed E-state index contributed by atoms with van der Waals surface area (Å²) in [6.45, 7) is 0. The summed E-state index contributed by atoms with van der Waals surface area (Å²) in [7, 11) is 4.18. The van der Waals surface area contributed by atoms with Gasteiger partial charge in [0.15, 0.2) is 0 Å². The third kappa shape index (κ3) is 5.97. The number of hydrogen-bond acceptors (Lipinski definition) is 1. The highest BCUT2D eigenvalue weighted by Gasteiger charge is 2.31. The Labute approximate surface area is 312 Å². The summed E-state index contributed by atoms with van der Waals surface area (Å²) in [5.74, 6) is 0. The molecule has 6 aromatic rings. The maximum atomic E-state index is 2.43. The van der Waals surface area contributed by atoms with E-state index >= 15 is 0 Å². The quantitative estimate of drug-likeness (QED) is 0.163. The van der Waals surface area contributed by atoms with E-state index in [0.29, 0.717) is 0 Å². The van der Waals surface area contributed by atoms with Gasteiger partial charge in [-0.3, -0.25) is 0 Å². The van der Waals surface area contributed by atoms with E-state index in [-0.39, 0.29) is 0 Å². The van der Waals surface area contributed by atoms with Gasteiger partial charge in [-0.1, -0.05) is 170 Å². The highest BCUT2D eigenvalue weighted by atomic mass is 15.0. The Morgan fingerprint density at radius 3 is 0.981 bits per heavy atom. The van der Waals surface area contributed by atoms with Crippen molar-refractivity contribution in [3.63, 3.8) is 0 Å². The van der Waals surface area contributed by atoms with E-state index < -0.39 is 0 Å². The van der Waals surface area contributed by atoms with Crippen LogP contribution in [0.15, 0.2) is 217 Å². The van der Waals surface area contributed by atoms with Crippen LogP contribution in [0, 0.1) is 0 Å². The molecule has 0 heterocycles. The Balaban J connectivity index is 1.29.